The molecule has 0 amide bonds. The highest BCUT2D eigenvalue weighted by Gasteiger charge is 2.15. The summed E-state index contributed by atoms with van der Waals surface area (Å²) < 4.78 is 0. The van der Waals surface area contributed by atoms with Crippen molar-refractivity contribution in [1.29, 1.82) is 0 Å². The largest absolute Gasteiger partial charge is 0.336 e. The Morgan fingerprint density at radius 2 is 2.10 bits per heavy atom. The van der Waals surface area contributed by atoms with Crippen LogP contribution in [0.1, 0.15) is 35.3 Å². The number of H-pyrrole nitrogens is 1. The molecule has 20 heavy (non-hydrogen) atoms. The fourth-order valence-corrected chi connectivity index (χ4v) is 4.13. The summed E-state index contributed by atoms with van der Waals surface area (Å²) in [5, 5.41) is 0. The minimum Gasteiger partial charge on any atom is -0.336 e. The van der Waals surface area contributed by atoms with E-state index in [1.165, 1.54) is 48.1 Å². The molecular formula is C16H17N3S. The van der Waals surface area contributed by atoms with Gasteiger partial charge in [-0.25, -0.2) is 9.97 Å². The van der Waals surface area contributed by atoms with Crippen molar-refractivity contribution >= 4 is 22.5 Å². The van der Waals surface area contributed by atoms with Gasteiger partial charge in [0.2, 0.25) is 0 Å². The summed E-state index contributed by atoms with van der Waals surface area (Å²) in [5.41, 5.74) is 4.62. The lowest BCUT2D eigenvalue weighted by atomic mass is 10.1. The molecule has 1 N–H and O–H groups in total. The first-order valence-electron chi connectivity index (χ1n) is 7.24. The number of pyridine rings is 1. The lowest BCUT2D eigenvalue weighted by Crippen LogP contribution is -1.81. The van der Waals surface area contributed by atoms with Gasteiger partial charge in [0.1, 0.15) is 0 Å². The van der Waals surface area contributed by atoms with Crippen LogP contribution in [0.2, 0.25) is 0 Å². The molecule has 3 aromatic rings. The lowest BCUT2D eigenvalue weighted by Gasteiger charge is -1.92. The van der Waals surface area contributed by atoms with Crippen LogP contribution >= 0.6 is 11.3 Å². The fourth-order valence-electron chi connectivity index (χ4n) is 2.94. The average molecular weight is 283 g/mol. The van der Waals surface area contributed by atoms with Gasteiger partial charge in [-0.05, 0) is 55.9 Å². The molecule has 0 saturated heterocycles. The summed E-state index contributed by atoms with van der Waals surface area (Å²) >= 11 is 1.90. The van der Waals surface area contributed by atoms with E-state index in [9.17, 15) is 0 Å². The molecular weight excluding hydrogens is 266 g/mol. The van der Waals surface area contributed by atoms with E-state index >= 15 is 0 Å². The maximum absolute atomic E-state index is 4.65. The summed E-state index contributed by atoms with van der Waals surface area (Å²) in [7, 11) is 0. The van der Waals surface area contributed by atoms with Gasteiger partial charge in [-0.3, -0.25) is 0 Å². The first-order valence-corrected chi connectivity index (χ1v) is 8.06. The molecule has 0 fully saturated rings. The normalized spacial score (nSPS) is 15.2. The number of nitrogens with zero attached hydrogens (tertiary/aromatic N) is 2. The predicted molar refractivity (Wildman–Crippen MR) is 83.2 cm³/mol. The van der Waals surface area contributed by atoms with Crippen molar-refractivity contribution in [3.8, 4) is 10.7 Å². The number of nitrogens with one attached hydrogen (secondary N) is 1. The van der Waals surface area contributed by atoms with Gasteiger partial charge in [0.25, 0.3) is 0 Å². The molecule has 0 bridgehead atoms. The first-order chi connectivity index (χ1) is 9.81. The number of aromatic amines is 1. The number of thiophene rings is 1. The summed E-state index contributed by atoms with van der Waals surface area (Å²) in [6, 6.07) is 4.35. The van der Waals surface area contributed by atoms with Gasteiger partial charge in [-0.2, -0.15) is 0 Å². The monoisotopic (exact) mass is 283 g/mol. The first kappa shape index (κ1) is 12.1. The number of fused-ring (bicyclic) bond motifs is 2. The molecule has 0 aromatic carbocycles. The third-order valence-electron chi connectivity index (χ3n) is 4.08. The van der Waals surface area contributed by atoms with E-state index < -0.39 is 0 Å². The zero-order valence-corrected chi connectivity index (χ0v) is 12.4. The van der Waals surface area contributed by atoms with E-state index in [4.69, 9.17) is 0 Å². The number of aryl methyl sites for hydroxylation is 3. The molecule has 4 rings (SSSR count). The van der Waals surface area contributed by atoms with Crippen LogP contribution in [0, 0.1) is 6.92 Å². The second-order valence-electron chi connectivity index (χ2n) is 5.53. The van der Waals surface area contributed by atoms with Crippen LogP contribution in [0.15, 0.2) is 18.3 Å². The lowest BCUT2D eigenvalue weighted by molar-refractivity contribution is 0.713. The van der Waals surface area contributed by atoms with Crippen LogP contribution < -0.4 is 0 Å². The van der Waals surface area contributed by atoms with Crippen molar-refractivity contribution in [2.45, 2.75) is 39.0 Å². The van der Waals surface area contributed by atoms with E-state index in [0.717, 1.165) is 17.0 Å². The Balaban J connectivity index is 1.81. The molecule has 4 heteroatoms. The topological polar surface area (TPSA) is 41.6 Å². The van der Waals surface area contributed by atoms with Gasteiger partial charge >= 0.3 is 0 Å². The van der Waals surface area contributed by atoms with Crippen molar-refractivity contribution in [2.75, 3.05) is 0 Å². The Morgan fingerprint density at radius 1 is 1.20 bits per heavy atom. The zero-order chi connectivity index (χ0) is 13.5. The fraction of sp³-hybridized carbons (Fsp3) is 0.375. The Kier molecular flexibility index (Phi) is 2.84. The van der Waals surface area contributed by atoms with Gasteiger partial charge < -0.3 is 4.98 Å². The van der Waals surface area contributed by atoms with Crippen molar-refractivity contribution in [1.82, 2.24) is 15.0 Å². The van der Waals surface area contributed by atoms with Crippen LogP contribution in [-0.2, 0) is 12.8 Å². The Bertz CT molecular complexity index is 746. The molecule has 3 aromatic heterocycles. The molecule has 0 spiro atoms. The molecule has 1 aliphatic rings. The molecule has 0 radical (unpaired) electrons. The van der Waals surface area contributed by atoms with Gasteiger partial charge in [0, 0.05) is 11.1 Å². The molecule has 0 aliphatic heterocycles. The Hall–Kier alpha value is -1.68. The third-order valence-corrected chi connectivity index (χ3v) is 5.32. The van der Waals surface area contributed by atoms with E-state index in [0.29, 0.717) is 0 Å². The van der Waals surface area contributed by atoms with Crippen LogP contribution in [-0.4, -0.2) is 15.0 Å². The molecule has 1 aliphatic carbocycles. The molecule has 3 nitrogen and oxygen atoms in total. The summed E-state index contributed by atoms with van der Waals surface area (Å²) in [5.74, 6) is 0.972. The Morgan fingerprint density at radius 3 is 3.00 bits per heavy atom. The second-order valence-corrected chi connectivity index (χ2v) is 6.67. The van der Waals surface area contributed by atoms with E-state index in [-0.39, 0.29) is 0 Å². The van der Waals surface area contributed by atoms with Crippen LogP contribution in [0.25, 0.3) is 21.9 Å². The third kappa shape index (κ3) is 1.95. The highest BCUT2D eigenvalue weighted by atomic mass is 32.1. The number of aromatic nitrogens is 3. The van der Waals surface area contributed by atoms with Crippen molar-refractivity contribution < 1.29 is 0 Å². The second kappa shape index (κ2) is 4.70. The quantitative estimate of drug-likeness (QED) is 0.678. The molecule has 0 atom stereocenters. The molecule has 0 saturated carbocycles. The minimum atomic E-state index is 0.823. The number of hydrogen-bond acceptors (Lipinski definition) is 3. The summed E-state index contributed by atoms with van der Waals surface area (Å²) in [6.07, 6.45) is 8.30. The number of hydrogen-bond donors (Lipinski definition) is 1. The summed E-state index contributed by atoms with van der Waals surface area (Å²) in [6.45, 7) is 2.09. The maximum Gasteiger partial charge on any atom is 0.178 e. The maximum atomic E-state index is 4.65. The highest BCUT2D eigenvalue weighted by Crippen LogP contribution is 2.34. The zero-order valence-electron chi connectivity index (χ0n) is 11.6. The van der Waals surface area contributed by atoms with Gasteiger partial charge in [0.05, 0.1) is 10.4 Å². The van der Waals surface area contributed by atoms with Gasteiger partial charge in [-0.15, -0.1) is 11.3 Å². The summed E-state index contributed by atoms with van der Waals surface area (Å²) in [4.78, 5) is 15.3. The Labute approximate surface area is 122 Å². The van der Waals surface area contributed by atoms with E-state index in [1.807, 2.05) is 23.6 Å². The van der Waals surface area contributed by atoms with Crippen molar-refractivity contribution in [3.63, 3.8) is 0 Å². The molecule has 0 unspecified atom stereocenters. The van der Waals surface area contributed by atoms with Gasteiger partial charge in [0.15, 0.2) is 11.5 Å². The van der Waals surface area contributed by atoms with Gasteiger partial charge in [-0.1, -0.05) is 6.42 Å². The minimum absolute atomic E-state index is 0.823. The molecule has 3 heterocycles. The average Bonchev–Trinajstić information content (AvgIpc) is 2.99. The van der Waals surface area contributed by atoms with Crippen LogP contribution in [0.3, 0.4) is 0 Å². The predicted octanol–water partition coefficient (Wildman–Crippen LogP) is 4.26. The van der Waals surface area contributed by atoms with Crippen molar-refractivity contribution in [2.24, 2.45) is 0 Å². The van der Waals surface area contributed by atoms with E-state index in [2.05, 4.69) is 27.9 Å². The standard InChI is InChI=1S/C16H17N3S/c1-10-7-8-17-16-14(10)18-15(19-16)13-9-11-5-3-2-4-6-12(11)20-13/h7-9H,2-6H2,1H3,(H,17,18,19). The van der Waals surface area contributed by atoms with Crippen molar-refractivity contribution in [3.05, 3.63) is 34.3 Å². The number of imidazole rings is 1. The van der Waals surface area contributed by atoms with Crippen LogP contribution in [0.4, 0.5) is 0 Å². The smallest absolute Gasteiger partial charge is 0.178 e. The van der Waals surface area contributed by atoms with Crippen LogP contribution in [0.5, 0.6) is 0 Å². The van der Waals surface area contributed by atoms with E-state index in [1.54, 1.807) is 4.88 Å². The highest BCUT2D eigenvalue weighted by molar-refractivity contribution is 7.15. The molecule has 102 valence electrons. The number of rotatable bonds is 1. The SMILES string of the molecule is Cc1ccnc2nc(-c3cc4c(s3)CCCCC4)[nH]c12.